The highest BCUT2D eigenvalue weighted by molar-refractivity contribution is 9.10. The molecule has 0 spiro atoms. The van der Waals surface area contributed by atoms with Crippen LogP contribution in [0.15, 0.2) is 77.4 Å². The molecule has 0 saturated carbocycles. The minimum atomic E-state index is 0.501. The summed E-state index contributed by atoms with van der Waals surface area (Å²) in [5.74, 6) is 1.51. The highest BCUT2D eigenvalue weighted by atomic mass is 79.9. The predicted molar refractivity (Wildman–Crippen MR) is 125 cm³/mol. The molecule has 154 valence electrons. The van der Waals surface area contributed by atoms with E-state index in [1.54, 1.807) is 7.11 Å². The summed E-state index contributed by atoms with van der Waals surface area (Å²) in [6.45, 7) is 2.07. The first-order chi connectivity index (χ1) is 14.7. The Kier molecular flexibility index (Phi) is 6.72. The number of hydrogen-bond donors (Lipinski definition) is 2. The van der Waals surface area contributed by atoms with Gasteiger partial charge in [-0.2, -0.15) is 0 Å². The van der Waals surface area contributed by atoms with Crippen LogP contribution < -0.4 is 14.8 Å². The van der Waals surface area contributed by atoms with Crippen molar-refractivity contribution < 1.29 is 9.47 Å². The first-order valence-electron chi connectivity index (χ1n) is 10.0. The maximum Gasteiger partial charge on any atom is 0.166 e. The molecule has 0 atom stereocenters. The van der Waals surface area contributed by atoms with Gasteiger partial charge in [0.2, 0.25) is 0 Å². The number of halogens is 1. The number of para-hydroxylation sites is 1. The van der Waals surface area contributed by atoms with E-state index in [9.17, 15) is 0 Å². The molecule has 0 radical (unpaired) electrons. The molecule has 2 N–H and O–H groups in total. The van der Waals surface area contributed by atoms with Crippen LogP contribution in [0.25, 0.3) is 10.9 Å². The van der Waals surface area contributed by atoms with Crippen LogP contribution in [0.1, 0.15) is 16.7 Å². The number of rotatable bonds is 9. The van der Waals surface area contributed by atoms with Crippen molar-refractivity contribution in [1.29, 1.82) is 0 Å². The smallest absolute Gasteiger partial charge is 0.166 e. The molecule has 3 aromatic carbocycles. The van der Waals surface area contributed by atoms with Gasteiger partial charge in [0.15, 0.2) is 11.5 Å². The molecule has 4 rings (SSSR count). The van der Waals surface area contributed by atoms with E-state index < -0.39 is 0 Å². The normalized spacial score (nSPS) is 11.0. The number of ether oxygens (including phenoxy) is 2. The highest BCUT2D eigenvalue weighted by Crippen LogP contribution is 2.35. The van der Waals surface area contributed by atoms with Gasteiger partial charge < -0.3 is 19.8 Å². The molecule has 30 heavy (non-hydrogen) atoms. The van der Waals surface area contributed by atoms with Gasteiger partial charge in [-0.05, 0) is 42.3 Å². The number of H-pyrrole nitrogens is 1. The molecule has 0 unspecified atom stereocenters. The number of hydrogen-bond acceptors (Lipinski definition) is 3. The lowest BCUT2D eigenvalue weighted by molar-refractivity contribution is 0.280. The van der Waals surface area contributed by atoms with Crippen LogP contribution in [-0.2, 0) is 19.6 Å². The summed E-state index contributed by atoms with van der Waals surface area (Å²) in [6, 6.07) is 22.6. The Morgan fingerprint density at radius 1 is 0.967 bits per heavy atom. The van der Waals surface area contributed by atoms with Gasteiger partial charge in [-0.3, -0.25) is 0 Å². The Morgan fingerprint density at radius 2 is 1.77 bits per heavy atom. The Hall–Kier alpha value is -2.76. The lowest BCUT2D eigenvalue weighted by Crippen LogP contribution is -2.17. The minimum absolute atomic E-state index is 0.501. The van der Waals surface area contributed by atoms with E-state index in [0.717, 1.165) is 40.1 Å². The molecule has 0 bridgehead atoms. The number of aromatic amines is 1. The summed E-state index contributed by atoms with van der Waals surface area (Å²) < 4.78 is 12.7. The second-order valence-corrected chi connectivity index (χ2v) is 8.07. The zero-order valence-corrected chi connectivity index (χ0v) is 18.5. The average molecular weight is 465 g/mol. The number of benzene rings is 3. The molecule has 1 aromatic heterocycles. The molecule has 0 aliphatic rings. The van der Waals surface area contributed by atoms with Gasteiger partial charge in [-0.15, -0.1) is 0 Å². The molecule has 1 heterocycles. The lowest BCUT2D eigenvalue weighted by Gasteiger charge is -2.16. The zero-order chi connectivity index (χ0) is 20.8. The minimum Gasteiger partial charge on any atom is -0.493 e. The molecule has 0 saturated heterocycles. The van der Waals surface area contributed by atoms with Gasteiger partial charge in [-0.1, -0.05) is 64.5 Å². The summed E-state index contributed by atoms with van der Waals surface area (Å²) in [5.41, 5.74) is 4.70. The largest absolute Gasteiger partial charge is 0.493 e. The van der Waals surface area contributed by atoms with Gasteiger partial charge in [0, 0.05) is 33.7 Å². The summed E-state index contributed by atoms with van der Waals surface area (Å²) in [5, 5.41) is 4.84. The van der Waals surface area contributed by atoms with Crippen molar-refractivity contribution in [1.82, 2.24) is 10.3 Å². The van der Waals surface area contributed by atoms with Gasteiger partial charge in [0.25, 0.3) is 0 Å². The standard InChI is InChI=1S/C25H25BrN2O2/c1-29-24-14-21(26)13-20(25(24)30-17-18-7-3-2-4-8-18)15-27-12-11-19-16-28-23-10-6-5-9-22(19)23/h2-10,13-14,16,27-28H,11-12,15,17H2,1H3. The second kappa shape index (κ2) is 9.83. The van der Waals surface area contributed by atoms with Crippen molar-refractivity contribution in [3.05, 3.63) is 94.1 Å². The van der Waals surface area contributed by atoms with Gasteiger partial charge in [0.1, 0.15) is 6.61 Å². The fourth-order valence-electron chi connectivity index (χ4n) is 3.58. The third-order valence-electron chi connectivity index (χ3n) is 5.10. The van der Waals surface area contributed by atoms with Crippen LogP contribution in [0.4, 0.5) is 0 Å². The maximum absolute atomic E-state index is 6.17. The molecule has 0 aliphatic carbocycles. The Morgan fingerprint density at radius 3 is 2.60 bits per heavy atom. The summed E-state index contributed by atoms with van der Waals surface area (Å²) in [6.07, 6.45) is 3.05. The second-order valence-electron chi connectivity index (χ2n) is 7.16. The maximum atomic E-state index is 6.17. The van der Waals surface area contributed by atoms with E-state index in [-0.39, 0.29) is 0 Å². The fraction of sp³-hybridized carbons (Fsp3) is 0.200. The van der Waals surface area contributed by atoms with Crippen LogP contribution in [-0.4, -0.2) is 18.6 Å². The summed E-state index contributed by atoms with van der Waals surface area (Å²) in [4.78, 5) is 3.34. The molecule has 4 nitrogen and oxygen atoms in total. The number of fused-ring (bicyclic) bond motifs is 1. The summed E-state index contributed by atoms with van der Waals surface area (Å²) in [7, 11) is 1.67. The molecule has 0 fully saturated rings. The van der Waals surface area contributed by atoms with Crippen LogP contribution in [0.2, 0.25) is 0 Å². The van der Waals surface area contributed by atoms with E-state index in [1.807, 2.05) is 24.3 Å². The summed E-state index contributed by atoms with van der Waals surface area (Å²) >= 11 is 3.58. The third-order valence-corrected chi connectivity index (χ3v) is 5.56. The number of aromatic nitrogens is 1. The Labute approximate surface area is 185 Å². The molecular formula is C25H25BrN2O2. The van der Waals surface area contributed by atoms with E-state index >= 15 is 0 Å². The molecule has 5 heteroatoms. The highest BCUT2D eigenvalue weighted by Gasteiger charge is 2.13. The lowest BCUT2D eigenvalue weighted by atomic mass is 10.1. The van der Waals surface area contributed by atoms with E-state index in [4.69, 9.17) is 9.47 Å². The quantitative estimate of drug-likeness (QED) is 0.305. The van der Waals surface area contributed by atoms with Crippen LogP contribution in [0, 0.1) is 0 Å². The molecule has 0 amide bonds. The van der Waals surface area contributed by atoms with Gasteiger partial charge >= 0.3 is 0 Å². The van der Waals surface area contributed by atoms with E-state index in [1.165, 1.54) is 16.5 Å². The van der Waals surface area contributed by atoms with Crippen LogP contribution in [0.3, 0.4) is 0 Å². The van der Waals surface area contributed by atoms with E-state index in [0.29, 0.717) is 13.2 Å². The van der Waals surface area contributed by atoms with Crippen LogP contribution in [0.5, 0.6) is 11.5 Å². The first-order valence-corrected chi connectivity index (χ1v) is 10.8. The Bertz CT molecular complexity index is 1110. The van der Waals surface area contributed by atoms with Crippen LogP contribution >= 0.6 is 15.9 Å². The van der Waals surface area contributed by atoms with Crippen molar-refractivity contribution in [2.45, 2.75) is 19.6 Å². The van der Waals surface area contributed by atoms with Crippen molar-refractivity contribution in [2.75, 3.05) is 13.7 Å². The SMILES string of the molecule is COc1cc(Br)cc(CNCCc2c[nH]c3ccccc23)c1OCc1ccccc1. The van der Waals surface area contributed by atoms with Crippen molar-refractivity contribution >= 4 is 26.8 Å². The number of methoxy groups -OCH3 is 1. The predicted octanol–water partition coefficient (Wildman–Crippen LogP) is 5.85. The Balaban J connectivity index is 1.42. The third kappa shape index (κ3) is 4.86. The van der Waals surface area contributed by atoms with Crippen molar-refractivity contribution in [3.63, 3.8) is 0 Å². The average Bonchev–Trinajstić information content (AvgIpc) is 3.19. The van der Waals surface area contributed by atoms with Gasteiger partial charge in [-0.25, -0.2) is 0 Å². The van der Waals surface area contributed by atoms with Gasteiger partial charge in [0.05, 0.1) is 7.11 Å². The molecule has 0 aliphatic heterocycles. The van der Waals surface area contributed by atoms with E-state index in [2.05, 4.69) is 74.9 Å². The fourth-order valence-corrected chi connectivity index (χ4v) is 4.07. The topological polar surface area (TPSA) is 46.3 Å². The number of nitrogens with one attached hydrogen (secondary N) is 2. The van der Waals surface area contributed by atoms with Crippen molar-refractivity contribution in [3.8, 4) is 11.5 Å². The van der Waals surface area contributed by atoms with Crippen molar-refractivity contribution in [2.24, 2.45) is 0 Å². The zero-order valence-electron chi connectivity index (χ0n) is 17.0. The molecular weight excluding hydrogens is 440 g/mol. The first kappa shape index (κ1) is 20.5. The molecule has 4 aromatic rings. The monoisotopic (exact) mass is 464 g/mol.